The van der Waals surface area contributed by atoms with Crippen LogP contribution >= 0.6 is 0 Å². The number of anilines is 1. The summed E-state index contributed by atoms with van der Waals surface area (Å²) >= 11 is 0. The average molecular weight is 348 g/mol. The Morgan fingerprint density at radius 3 is 2.48 bits per heavy atom. The van der Waals surface area contributed by atoms with Crippen molar-refractivity contribution in [2.75, 3.05) is 38.1 Å². The monoisotopic (exact) mass is 347 g/mol. The molecule has 2 unspecified atom stereocenters. The largest absolute Gasteiger partial charge is 0.494 e. The minimum Gasteiger partial charge on any atom is -0.494 e. The van der Waals surface area contributed by atoms with E-state index in [4.69, 9.17) is 4.74 Å². The first-order valence-electron chi connectivity index (χ1n) is 9.57. The van der Waals surface area contributed by atoms with Crippen LogP contribution in [0.4, 0.5) is 10.5 Å². The number of rotatable bonds is 8. The van der Waals surface area contributed by atoms with E-state index in [1.54, 1.807) is 0 Å². The van der Waals surface area contributed by atoms with Crippen LogP contribution in [0.25, 0.3) is 0 Å². The van der Waals surface area contributed by atoms with Crippen molar-refractivity contribution < 1.29 is 9.53 Å². The van der Waals surface area contributed by atoms with Crippen molar-refractivity contribution in [1.29, 1.82) is 0 Å². The zero-order chi connectivity index (χ0) is 18.1. The van der Waals surface area contributed by atoms with Gasteiger partial charge in [-0.15, -0.1) is 0 Å². The van der Waals surface area contributed by atoms with Crippen LogP contribution in [0.3, 0.4) is 0 Å². The maximum atomic E-state index is 11.9. The molecule has 1 aromatic carbocycles. The van der Waals surface area contributed by atoms with Gasteiger partial charge in [0.2, 0.25) is 0 Å². The molecule has 1 fully saturated rings. The zero-order valence-electron chi connectivity index (χ0n) is 15.9. The number of nitrogens with one attached hydrogen (secondary N) is 2. The molecule has 1 saturated heterocycles. The molecule has 1 heterocycles. The Bertz CT molecular complexity index is 508. The summed E-state index contributed by atoms with van der Waals surface area (Å²) in [4.78, 5) is 14.5. The molecule has 2 amide bonds. The van der Waals surface area contributed by atoms with Crippen LogP contribution in [0.5, 0.6) is 5.75 Å². The second kappa shape index (κ2) is 10.3. The second-order valence-corrected chi connectivity index (χ2v) is 7.25. The summed E-state index contributed by atoms with van der Waals surface area (Å²) < 4.78 is 5.39. The molecular weight excluding hydrogens is 314 g/mol. The number of hydrogen-bond donors (Lipinski definition) is 2. The highest BCUT2D eigenvalue weighted by Gasteiger charge is 2.20. The third-order valence-corrected chi connectivity index (χ3v) is 4.55. The van der Waals surface area contributed by atoms with E-state index >= 15 is 0 Å². The van der Waals surface area contributed by atoms with Crippen molar-refractivity contribution in [2.24, 2.45) is 11.8 Å². The summed E-state index contributed by atoms with van der Waals surface area (Å²) in [5.41, 5.74) is 0.775. The van der Waals surface area contributed by atoms with Crippen LogP contribution in [0.1, 0.15) is 40.0 Å². The van der Waals surface area contributed by atoms with Gasteiger partial charge in [0.05, 0.1) is 6.61 Å². The molecule has 1 aliphatic rings. The molecular formula is C20H33N3O2. The topological polar surface area (TPSA) is 53.6 Å². The summed E-state index contributed by atoms with van der Waals surface area (Å²) in [6.07, 6.45) is 3.49. The van der Waals surface area contributed by atoms with Crippen LogP contribution in [-0.4, -0.2) is 43.7 Å². The summed E-state index contributed by atoms with van der Waals surface area (Å²) in [6.45, 7) is 11.6. The number of hydrogen-bond acceptors (Lipinski definition) is 3. The number of ether oxygens (including phenoxy) is 1. The first kappa shape index (κ1) is 19.6. The molecule has 0 saturated carbocycles. The second-order valence-electron chi connectivity index (χ2n) is 7.25. The number of urea groups is 1. The van der Waals surface area contributed by atoms with E-state index in [9.17, 15) is 4.79 Å². The molecule has 5 heteroatoms. The van der Waals surface area contributed by atoms with E-state index < -0.39 is 0 Å². The molecule has 2 rings (SSSR count). The number of amides is 2. The lowest BCUT2D eigenvalue weighted by Crippen LogP contribution is -2.39. The van der Waals surface area contributed by atoms with Gasteiger partial charge in [-0.1, -0.05) is 13.8 Å². The molecule has 2 N–H and O–H groups in total. The lowest BCUT2D eigenvalue weighted by molar-refractivity contribution is 0.139. The van der Waals surface area contributed by atoms with Gasteiger partial charge < -0.3 is 20.3 Å². The van der Waals surface area contributed by atoms with E-state index in [-0.39, 0.29) is 6.03 Å². The summed E-state index contributed by atoms with van der Waals surface area (Å²) in [5.74, 6) is 2.43. The molecule has 0 aliphatic carbocycles. The van der Waals surface area contributed by atoms with Crippen molar-refractivity contribution >= 4 is 11.7 Å². The van der Waals surface area contributed by atoms with E-state index in [0.717, 1.165) is 42.7 Å². The predicted octanol–water partition coefficient (Wildman–Crippen LogP) is 3.96. The Kier molecular flexibility index (Phi) is 8.06. The van der Waals surface area contributed by atoms with E-state index in [2.05, 4.69) is 29.4 Å². The number of piperidine rings is 1. The molecule has 140 valence electrons. The first-order chi connectivity index (χ1) is 12.1. The lowest BCUT2D eigenvalue weighted by atomic mass is 9.92. The van der Waals surface area contributed by atoms with Gasteiger partial charge in [0.25, 0.3) is 0 Å². The molecule has 25 heavy (non-hydrogen) atoms. The van der Waals surface area contributed by atoms with Gasteiger partial charge in [0.15, 0.2) is 0 Å². The van der Waals surface area contributed by atoms with Crippen LogP contribution in [0, 0.1) is 11.8 Å². The van der Waals surface area contributed by atoms with Crippen molar-refractivity contribution in [1.82, 2.24) is 10.2 Å². The normalized spacial score (nSPS) is 20.9. The van der Waals surface area contributed by atoms with Gasteiger partial charge >= 0.3 is 6.03 Å². The first-order valence-corrected chi connectivity index (χ1v) is 9.57. The molecule has 5 nitrogen and oxygen atoms in total. The van der Waals surface area contributed by atoms with Gasteiger partial charge in [-0.25, -0.2) is 4.79 Å². The highest BCUT2D eigenvalue weighted by atomic mass is 16.5. The van der Waals surface area contributed by atoms with Crippen molar-refractivity contribution in [3.8, 4) is 5.75 Å². The zero-order valence-corrected chi connectivity index (χ0v) is 15.9. The van der Waals surface area contributed by atoms with Crippen molar-refractivity contribution in [2.45, 2.75) is 40.0 Å². The number of benzene rings is 1. The molecule has 2 atom stereocenters. The smallest absolute Gasteiger partial charge is 0.319 e. The van der Waals surface area contributed by atoms with Crippen LogP contribution in [0.15, 0.2) is 24.3 Å². The number of carbonyl (C=O) groups is 1. The Balaban J connectivity index is 1.57. The maximum Gasteiger partial charge on any atom is 0.319 e. The van der Waals surface area contributed by atoms with Gasteiger partial charge in [-0.05, 0) is 68.8 Å². The standard InChI is InChI=1S/C20H33N3O2/c1-4-25-19-9-7-18(8-10-19)22-20(24)21-11-5-6-12-23-14-16(2)13-17(3)15-23/h7-10,16-17H,4-6,11-15H2,1-3H3,(H2,21,22,24). The summed E-state index contributed by atoms with van der Waals surface area (Å²) in [6, 6.07) is 7.27. The van der Waals surface area contributed by atoms with E-state index in [0.29, 0.717) is 13.2 Å². The Hall–Kier alpha value is -1.75. The third-order valence-electron chi connectivity index (χ3n) is 4.55. The number of nitrogens with zero attached hydrogens (tertiary/aromatic N) is 1. The Morgan fingerprint density at radius 2 is 1.84 bits per heavy atom. The highest BCUT2D eigenvalue weighted by Crippen LogP contribution is 2.21. The quantitative estimate of drug-likeness (QED) is 0.700. The lowest BCUT2D eigenvalue weighted by Gasteiger charge is -2.34. The average Bonchev–Trinajstić information content (AvgIpc) is 2.56. The molecule has 1 aliphatic heterocycles. The fourth-order valence-corrected chi connectivity index (χ4v) is 3.61. The minimum atomic E-state index is -0.149. The number of unbranched alkanes of at least 4 members (excludes halogenated alkanes) is 1. The van der Waals surface area contributed by atoms with Crippen LogP contribution in [-0.2, 0) is 0 Å². The van der Waals surface area contributed by atoms with E-state index in [1.807, 2.05) is 31.2 Å². The van der Waals surface area contributed by atoms with E-state index in [1.165, 1.54) is 19.5 Å². The van der Waals surface area contributed by atoms with Crippen molar-refractivity contribution in [3.05, 3.63) is 24.3 Å². The Morgan fingerprint density at radius 1 is 1.16 bits per heavy atom. The van der Waals surface area contributed by atoms with Gasteiger partial charge in [-0.2, -0.15) is 0 Å². The van der Waals surface area contributed by atoms with Gasteiger partial charge in [0, 0.05) is 25.3 Å². The number of carbonyl (C=O) groups excluding carboxylic acids is 1. The van der Waals surface area contributed by atoms with Gasteiger partial charge in [0.1, 0.15) is 5.75 Å². The fraction of sp³-hybridized carbons (Fsp3) is 0.650. The third kappa shape index (κ3) is 7.34. The molecule has 1 aromatic rings. The number of likely N-dealkylation sites (tertiary alicyclic amines) is 1. The van der Waals surface area contributed by atoms with Crippen LogP contribution < -0.4 is 15.4 Å². The predicted molar refractivity (Wildman–Crippen MR) is 103 cm³/mol. The van der Waals surface area contributed by atoms with Crippen LogP contribution in [0.2, 0.25) is 0 Å². The SMILES string of the molecule is CCOc1ccc(NC(=O)NCCCCN2CC(C)CC(C)C2)cc1. The van der Waals surface area contributed by atoms with Crippen molar-refractivity contribution in [3.63, 3.8) is 0 Å². The van der Waals surface area contributed by atoms with Gasteiger partial charge in [-0.3, -0.25) is 0 Å². The maximum absolute atomic E-state index is 11.9. The molecule has 0 radical (unpaired) electrons. The fourth-order valence-electron chi connectivity index (χ4n) is 3.61. The molecule has 0 aromatic heterocycles. The highest BCUT2D eigenvalue weighted by molar-refractivity contribution is 5.89. The minimum absolute atomic E-state index is 0.149. The summed E-state index contributed by atoms with van der Waals surface area (Å²) in [5, 5.41) is 5.77. The summed E-state index contributed by atoms with van der Waals surface area (Å²) in [7, 11) is 0. The Labute approximate surface area is 152 Å². The molecule has 0 bridgehead atoms. The molecule has 0 spiro atoms.